The molecule has 0 saturated carbocycles. The first-order valence-electron chi connectivity index (χ1n) is 8.55. The molecule has 10 heteroatoms. The number of aryl methyl sites for hydroxylation is 4. The van der Waals surface area contributed by atoms with Gasteiger partial charge in [-0.3, -0.25) is 9.59 Å². The van der Waals surface area contributed by atoms with Crippen molar-refractivity contribution < 1.29 is 27.3 Å². The first-order valence-corrected chi connectivity index (χ1v) is 10.0. The minimum Gasteiger partial charge on any atom is -0.456 e. The SMILES string of the molecule is Cc1cc(C)cc(NC(=O)COC(=O)CCNS(=O)(=O)c2c(C)noc2C)c1. The summed E-state index contributed by atoms with van der Waals surface area (Å²) in [6.45, 7) is 6.18. The van der Waals surface area contributed by atoms with Crippen molar-refractivity contribution in [2.24, 2.45) is 0 Å². The number of esters is 1. The summed E-state index contributed by atoms with van der Waals surface area (Å²) in [6.07, 6.45) is -0.223. The van der Waals surface area contributed by atoms with Crippen LogP contribution in [0.1, 0.15) is 29.0 Å². The normalized spacial score (nSPS) is 11.3. The maximum Gasteiger partial charge on any atom is 0.307 e. The first-order chi connectivity index (χ1) is 13.1. The second-order valence-corrected chi connectivity index (χ2v) is 8.09. The van der Waals surface area contributed by atoms with Crippen LogP contribution in [0.15, 0.2) is 27.6 Å². The molecule has 2 aromatic rings. The third-order valence-corrected chi connectivity index (χ3v) is 5.43. The van der Waals surface area contributed by atoms with E-state index in [2.05, 4.69) is 15.2 Å². The molecule has 0 unspecified atom stereocenters. The van der Waals surface area contributed by atoms with Crippen molar-refractivity contribution in [1.29, 1.82) is 0 Å². The van der Waals surface area contributed by atoms with E-state index in [1.54, 1.807) is 12.1 Å². The van der Waals surface area contributed by atoms with Crippen LogP contribution in [-0.2, 0) is 24.3 Å². The van der Waals surface area contributed by atoms with Crippen LogP contribution in [-0.4, -0.2) is 38.6 Å². The van der Waals surface area contributed by atoms with Gasteiger partial charge in [-0.15, -0.1) is 0 Å². The fourth-order valence-corrected chi connectivity index (χ4v) is 4.04. The molecule has 0 spiro atoms. The van der Waals surface area contributed by atoms with E-state index < -0.39 is 28.5 Å². The maximum absolute atomic E-state index is 12.2. The number of carbonyl (C=O) groups is 2. The average Bonchev–Trinajstić information content (AvgIpc) is 2.91. The van der Waals surface area contributed by atoms with Crippen molar-refractivity contribution in [3.05, 3.63) is 40.8 Å². The topological polar surface area (TPSA) is 128 Å². The summed E-state index contributed by atoms with van der Waals surface area (Å²) < 4.78 is 36.4. The molecule has 0 bridgehead atoms. The molecule has 0 fully saturated rings. The van der Waals surface area contributed by atoms with Crippen molar-refractivity contribution in [2.75, 3.05) is 18.5 Å². The van der Waals surface area contributed by atoms with Gasteiger partial charge in [0.05, 0.1) is 6.42 Å². The standard InChI is InChI=1S/C18H23N3O6S/c1-11-7-12(2)9-15(8-11)20-16(22)10-26-17(23)5-6-19-28(24,25)18-13(3)21-27-14(18)4/h7-9,19H,5-6,10H2,1-4H3,(H,20,22). The van der Waals surface area contributed by atoms with Crippen LogP contribution in [0.4, 0.5) is 5.69 Å². The van der Waals surface area contributed by atoms with E-state index in [1.165, 1.54) is 13.8 Å². The van der Waals surface area contributed by atoms with Gasteiger partial charge in [-0.25, -0.2) is 13.1 Å². The minimum atomic E-state index is -3.85. The quantitative estimate of drug-likeness (QED) is 0.636. The molecule has 0 atom stereocenters. The molecule has 1 heterocycles. The lowest BCUT2D eigenvalue weighted by molar-refractivity contribution is -0.147. The number of hydrogen-bond donors (Lipinski definition) is 2. The Morgan fingerprint density at radius 3 is 2.32 bits per heavy atom. The molecule has 0 saturated heterocycles. The number of ether oxygens (including phenoxy) is 1. The fraction of sp³-hybridized carbons (Fsp3) is 0.389. The highest BCUT2D eigenvalue weighted by Gasteiger charge is 2.24. The maximum atomic E-state index is 12.2. The molecular weight excluding hydrogens is 386 g/mol. The Kier molecular flexibility index (Phi) is 6.92. The van der Waals surface area contributed by atoms with Crippen LogP contribution in [0, 0.1) is 27.7 Å². The minimum absolute atomic E-state index is 0.0475. The van der Waals surface area contributed by atoms with Crippen LogP contribution >= 0.6 is 0 Å². The summed E-state index contributed by atoms with van der Waals surface area (Å²) in [5, 5.41) is 6.23. The molecule has 0 aliphatic carbocycles. The van der Waals surface area contributed by atoms with E-state index in [4.69, 9.17) is 9.26 Å². The Balaban J connectivity index is 1.77. The monoisotopic (exact) mass is 409 g/mol. The third-order valence-electron chi connectivity index (χ3n) is 3.73. The molecule has 2 N–H and O–H groups in total. The van der Waals surface area contributed by atoms with Gasteiger partial charge in [0.15, 0.2) is 12.4 Å². The van der Waals surface area contributed by atoms with Crippen LogP contribution in [0.5, 0.6) is 0 Å². The summed E-state index contributed by atoms with van der Waals surface area (Å²) in [6, 6.07) is 5.58. The fourth-order valence-electron chi connectivity index (χ4n) is 2.68. The van der Waals surface area contributed by atoms with Gasteiger partial charge in [0.25, 0.3) is 5.91 Å². The van der Waals surface area contributed by atoms with Gasteiger partial charge in [-0.2, -0.15) is 0 Å². The second-order valence-electron chi connectivity index (χ2n) is 6.39. The number of rotatable bonds is 8. The first kappa shape index (κ1) is 21.6. The van der Waals surface area contributed by atoms with Gasteiger partial charge in [-0.1, -0.05) is 11.2 Å². The third kappa shape index (κ3) is 5.89. The van der Waals surface area contributed by atoms with E-state index in [0.29, 0.717) is 5.69 Å². The molecular formula is C18H23N3O6S. The Bertz CT molecular complexity index is 941. The zero-order valence-electron chi connectivity index (χ0n) is 16.2. The number of nitrogens with one attached hydrogen (secondary N) is 2. The molecule has 0 radical (unpaired) electrons. The highest BCUT2D eigenvalue weighted by molar-refractivity contribution is 7.89. The average molecular weight is 409 g/mol. The van der Waals surface area contributed by atoms with Crippen LogP contribution in [0.3, 0.4) is 0 Å². The van der Waals surface area contributed by atoms with Crippen LogP contribution < -0.4 is 10.0 Å². The van der Waals surface area contributed by atoms with E-state index in [9.17, 15) is 18.0 Å². The summed E-state index contributed by atoms with van der Waals surface area (Å²) >= 11 is 0. The van der Waals surface area contributed by atoms with Crippen molar-refractivity contribution in [3.8, 4) is 0 Å². The summed E-state index contributed by atoms with van der Waals surface area (Å²) in [5.74, 6) is -1.01. The Hall–Kier alpha value is -2.72. The zero-order chi connectivity index (χ0) is 20.9. The highest BCUT2D eigenvalue weighted by atomic mass is 32.2. The molecule has 28 heavy (non-hydrogen) atoms. The number of aromatic nitrogens is 1. The number of nitrogens with zero attached hydrogens (tertiary/aromatic N) is 1. The number of amides is 1. The van der Waals surface area contributed by atoms with E-state index >= 15 is 0 Å². The number of benzene rings is 1. The second kappa shape index (κ2) is 8.98. The Labute approximate surface area is 163 Å². The van der Waals surface area contributed by atoms with Gasteiger partial charge in [0.1, 0.15) is 10.6 Å². The zero-order valence-corrected chi connectivity index (χ0v) is 17.0. The smallest absolute Gasteiger partial charge is 0.307 e. The molecule has 2 rings (SSSR count). The van der Waals surface area contributed by atoms with Crippen LogP contribution in [0.25, 0.3) is 0 Å². The molecule has 0 aliphatic rings. The van der Waals surface area contributed by atoms with Gasteiger partial charge < -0.3 is 14.6 Å². The predicted molar refractivity (Wildman–Crippen MR) is 101 cm³/mol. The summed E-state index contributed by atoms with van der Waals surface area (Å²) in [7, 11) is -3.85. The van der Waals surface area contributed by atoms with Crippen molar-refractivity contribution in [3.63, 3.8) is 0 Å². The lowest BCUT2D eigenvalue weighted by Gasteiger charge is -2.09. The summed E-state index contributed by atoms with van der Waals surface area (Å²) in [5.41, 5.74) is 2.84. The van der Waals surface area contributed by atoms with E-state index in [-0.39, 0.29) is 29.3 Å². The Morgan fingerprint density at radius 1 is 1.11 bits per heavy atom. The molecule has 152 valence electrons. The van der Waals surface area contributed by atoms with Gasteiger partial charge in [0.2, 0.25) is 10.0 Å². The lowest BCUT2D eigenvalue weighted by atomic mass is 10.1. The molecule has 0 aliphatic heterocycles. The molecule has 9 nitrogen and oxygen atoms in total. The Morgan fingerprint density at radius 2 is 1.75 bits per heavy atom. The van der Waals surface area contributed by atoms with Gasteiger partial charge >= 0.3 is 5.97 Å². The van der Waals surface area contributed by atoms with Crippen molar-refractivity contribution >= 4 is 27.6 Å². The van der Waals surface area contributed by atoms with E-state index in [1.807, 2.05) is 19.9 Å². The summed E-state index contributed by atoms with van der Waals surface area (Å²) in [4.78, 5) is 23.6. The molecule has 1 aromatic heterocycles. The number of sulfonamides is 1. The molecule has 1 amide bonds. The van der Waals surface area contributed by atoms with Crippen molar-refractivity contribution in [1.82, 2.24) is 9.88 Å². The largest absolute Gasteiger partial charge is 0.456 e. The van der Waals surface area contributed by atoms with Gasteiger partial charge in [-0.05, 0) is 51.0 Å². The lowest BCUT2D eigenvalue weighted by Crippen LogP contribution is -2.28. The van der Waals surface area contributed by atoms with E-state index in [0.717, 1.165) is 11.1 Å². The number of carbonyl (C=O) groups excluding carboxylic acids is 2. The number of hydrogen-bond acceptors (Lipinski definition) is 7. The van der Waals surface area contributed by atoms with Gasteiger partial charge in [0, 0.05) is 12.2 Å². The van der Waals surface area contributed by atoms with Crippen LogP contribution in [0.2, 0.25) is 0 Å². The van der Waals surface area contributed by atoms with Crippen molar-refractivity contribution in [2.45, 2.75) is 39.0 Å². The number of anilines is 1. The highest BCUT2D eigenvalue weighted by Crippen LogP contribution is 2.18. The predicted octanol–water partition coefficient (Wildman–Crippen LogP) is 1.76. The molecule has 1 aromatic carbocycles.